The highest BCUT2D eigenvalue weighted by Gasteiger charge is 2.25. The Labute approximate surface area is 171 Å². The number of nitrogens with one attached hydrogen (secondary N) is 1. The fourth-order valence-corrected chi connectivity index (χ4v) is 3.84. The fourth-order valence-electron chi connectivity index (χ4n) is 3.84. The lowest BCUT2D eigenvalue weighted by Gasteiger charge is -2.37. The molecule has 1 aliphatic rings. The Kier molecular flexibility index (Phi) is 8.23. The van der Waals surface area contributed by atoms with Gasteiger partial charge in [-0.2, -0.15) is 0 Å². The van der Waals surface area contributed by atoms with E-state index in [0.717, 1.165) is 48.9 Å². The van der Waals surface area contributed by atoms with Gasteiger partial charge in [0.2, 0.25) is 5.91 Å². The number of amides is 1. The molecule has 0 saturated carbocycles. The van der Waals surface area contributed by atoms with Crippen molar-refractivity contribution in [3.05, 3.63) is 42.5 Å². The summed E-state index contributed by atoms with van der Waals surface area (Å²) >= 11 is 0. The number of likely N-dealkylation sites (N-methyl/N-ethyl adjacent to an activating group) is 1. The average molecular weight is 406 g/mol. The molecule has 1 fully saturated rings. The first-order chi connectivity index (χ1) is 13.1. The van der Waals surface area contributed by atoms with Crippen LogP contribution in [0.25, 0.3) is 10.8 Å². The van der Waals surface area contributed by atoms with Crippen LogP contribution in [0.2, 0.25) is 0 Å². The minimum absolute atomic E-state index is 0. The molecule has 7 heteroatoms. The van der Waals surface area contributed by atoms with E-state index in [1.165, 1.54) is 0 Å². The van der Waals surface area contributed by atoms with Crippen molar-refractivity contribution < 1.29 is 14.7 Å². The quantitative estimate of drug-likeness (QED) is 0.740. The minimum atomic E-state index is -0.784. The van der Waals surface area contributed by atoms with E-state index < -0.39 is 5.97 Å². The molecular formula is C21H28ClN3O3. The van der Waals surface area contributed by atoms with Crippen LogP contribution in [0.4, 0.5) is 5.69 Å². The zero-order chi connectivity index (χ0) is 19.2. The van der Waals surface area contributed by atoms with Gasteiger partial charge in [0.05, 0.1) is 13.1 Å². The van der Waals surface area contributed by atoms with E-state index in [1.807, 2.05) is 54.3 Å². The maximum Gasteiger partial charge on any atom is 0.317 e. The van der Waals surface area contributed by atoms with E-state index in [9.17, 15) is 9.59 Å². The number of halogens is 1. The molecule has 0 bridgehead atoms. The first-order valence-corrected chi connectivity index (χ1v) is 9.52. The zero-order valence-electron chi connectivity index (χ0n) is 16.1. The molecule has 0 spiro atoms. The Morgan fingerprint density at radius 1 is 1.14 bits per heavy atom. The van der Waals surface area contributed by atoms with Gasteiger partial charge >= 0.3 is 5.97 Å². The van der Waals surface area contributed by atoms with E-state index in [4.69, 9.17) is 5.11 Å². The number of hydrogen-bond donors (Lipinski definition) is 2. The van der Waals surface area contributed by atoms with E-state index in [1.54, 1.807) is 0 Å². The Morgan fingerprint density at radius 3 is 2.50 bits per heavy atom. The van der Waals surface area contributed by atoms with E-state index in [0.29, 0.717) is 6.54 Å². The van der Waals surface area contributed by atoms with Gasteiger partial charge in [-0.1, -0.05) is 43.3 Å². The SMILES string of the molecule is CCN(CC(=O)O)C1CCN(CC(=O)Nc2cccc3ccccc23)CC1.Cl. The van der Waals surface area contributed by atoms with Crippen molar-refractivity contribution in [1.29, 1.82) is 0 Å². The predicted molar refractivity (Wildman–Crippen MR) is 114 cm³/mol. The van der Waals surface area contributed by atoms with Crippen molar-refractivity contribution in [2.24, 2.45) is 0 Å². The van der Waals surface area contributed by atoms with Crippen molar-refractivity contribution in [1.82, 2.24) is 9.80 Å². The largest absolute Gasteiger partial charge is 0.480 e. The number of anilines is 1. The number of hydrogen-bond acceptors (Lipinski definition) is 4. The van der Waals surface area contributed by atoms with Crippen LogP contribution in [-0.4, -0.2) is 65.5 Å². The number of piperidine rings is 1. The van der Waals surface area contributed by atoms with Gasteiger partial charge in [0.25, 0.3) is 0 Å². The number of carbonyl (C=O) groups excluding carboxylic acids is 1. The van der Waals surface area contributed by atoms with Crippen LogP contribution in [0.3, 0.4) is 0 Å². The van der Waals surface area contributed by atoms with E-state index >= 15 is 0 Å². The second-order valence-corrected chi connectivity index (χ2v) is 7.04. The summed E-state index contributed by atoms with van der Waals surface area (Å²) < 4.78 is 0. The third kappa shape index (κ3) is 5.67. The van der Waals surface area contributed by atoms with Crippen LogP contribution in [0.5, 0.6) is 0 Å². The van der Waals surface area contributed by atoms with Gasteiger partial charge in [0.15, 0.2) is 0 Å². The minimum Gasteiger partial charge on any atom is -0.480 e. The van der Waals surface area contributed by atoms with Crippen molar-refractivity contribution in [3.63, 3.8) is 0 Å². The normalized spacial score (nSPS) is 15.4. The van der Waals surface area contributed by atoms with Gasteiger partial charge < -0.3 is 10.4 Å². The summed E-state index contributed by atoms with van der Waals surface area (Å²) in [5.74, 6) is -0.795. The van der Waals surface area contributed by atoms with Crippen LogP contribution in [-0.2, 0) is 9.59 Å². The topological polar surface area (TPSA) is 72.9 Å². The fraction of sp³-hybridized carbons (Fsp3) is 0.429. The number of benzene rings is 2. The third-order valence-electron chi connectivity index (χ3n) is 5.25. The van der Waals surface area contributed by atoms with Crippen LogP contribution in [0, 0.1) is 0 Å². The predicted octanol–water partition coefficient (Wildman–Crippen LogP) is 3.07. The molecule has 0 aromatic heterocycles. The summed E-state index contributed by atoms with van der Waals surface area (Å²) in [7, 11) is 0. The number of carboxylic acids is 1. The Hall–Kier alpha value is -2.15. The van der Waals surface area contributed by atoms with Crippen molar-refractivity contribution in [3.8, 4) is 0 Å². The zero-order valence-corrected chi connectivity index (χ0v) is 17.0. The van der Waals surface area contributed by atoms with E-state index in [-0.39, 0.29) is 30.9 Å². The van der Waals surface area contributed by atoms with Crippen molar-refractivity contribution in [2.45, 2.75) is 25.8 Å². The number of aliphatic carboxylic acids is 1. The van der Waals surface area contributed by atoms with Gasteiger partial charge in [-0.05, 0) is 30.8 Å². The number of rotatable bonds is 7. The maximum absolute atomic E-state index is 12.5. The summed E-state index contributed by atoms with van der Waals surface area (Å²) in [4.78, 5) is 27.6. The van der Waals surface area contributed by atoms with Crippen LogP contribution < -0.4 is 5.32 Å². The van der Waals surface area contributed by atoms with Crippen molar-refractivity contribution >= 4 is 40.7 Å². The molecule has 1 aliphatic heterocycles. The van der Waals surface area contributed by atoms with Gasteiger partial charge in [0.1, 0.15) is 0 Å². The molecule has 1 amide bonds. The second kappa shape index (κ2) is 10.4. The number of carboxylic acid groups (broad SMARTS) is 1. The third-order valence-corrected chi connectivity index (χ3v) is 5.25. The molecule has 0 aliphatic carbocycles. The highest BCUT2D eigenvalue weighted by molar-refractivity contribution is 6.02. The summed E-state index contributed by atoms with van der Waals surface area (Å²) in [6.45, 7) is 4.79. The molecule has 2 aromatic carbocycles. The molecule has 0 radical (unpaired) electrons. The van der Waals surface area contributed by atoms with Gasteiger partial charge in [-0.25, -0.2) is 0 Å². The summed E-state index contributed by atoms with van der Waals surface area (Å²) in [6.07, 6.45) is 1.78. The number of nitrogens with zero attached hydrogens (tertiary/aromatic N) is 2. The van der Waals surface area contributed by atoms with Crippen LogP contribution >= 0.6 is 12.4 Å². The number of carbonyl (C=O) groups is 2. The van der Waals surface area contributed by atoms with Crippen LogP contribution in [0.1, 0.15) is 19.8 Å². The second-order valence-electron chi connectivity index (χ2n) is 7.04. The standard InChI is InChI=1S/C21H27N3O3.ClH/c1-2-24(15-21(26)27)17-10-12-23(13-11-17)14-20(25)22-19-9-5-7-16-6-3-4-8-18(16)19;/h3-9,17H,2,10-15H2,1H3,(H,22,25)(H,26,27);1H. The Bertz CT molecular complexity index is 801. The molecule has 28 heavy (non-hydrogen) atoms. The average Bonchev–Trinajstić information content (AvgIpc) is 2.67. The molecule has 6 nitrogen and oxygen atoms in total. The van der Waals surface area contributed by atoms with Gasteiger partial charge in [0, 0.05) is 30.2 Å². The molecule has 2 N–H and O–H groups in total. The molecule has 2 aromatic rings. The molecular weight excluding hydrogens is 378 g/mol. The Morgan fingerprint density at radius 2 is 1.82 bits per heavy atom. The summed E-state index contributed by atoms with van der Waals surface area (Å²) in [6, 6.07) is 14.2. The molecule has 0 atom stereocenters. The lowest BCUT2D eigenvalue weighted by Crippen LogP contribution is -2.48. The number of fused-ring (bicyclic) bond motifs is 1. The maximum atomic E-state index is 12.5. The monoisotopic (exact) mass is 405 g/mol. The van der Waals surface area contributed by atoms with Gasteiger partial charge in [-0.15, -0.1) is 12.4 Å². The molecule has 3 rings (SSSR count). The molecule has 0 unspecified atom stereocenters. The van der Waals surface area contributed by atoms with Crippen LogP contribution in [0.15, 0.2) is 42.5 Å². The summed E-state index contributed by atoms with van der Waals surface area (Å²) in [5, 5.41) is 14.2. The smallest absolute Gasteiger partial charge is 0.317 e. The number of likely N-dealkylation sites (tertiary alicyclic amines) is 1. The highest BCUT2D eigenvalue weighted by atomic mass is 35.5. The van der Waals surface area contributed by atoms with Gasteiger partial charge in [-0.3, -0.25) is 19.4 Å². The Balaban J connectivity index is 0.00000280. The molecule has 1 heterocycles. The molecule has 1 saturated heterocycles. The van der Waals surface area contributed by atoms with E-state index in [2.05, 4.69) is 10.2 Å². The first-order valence-electron chi connectivity index (χ1n) is 9.52. The lowest BCUT2D eigenvalue weighted by molar-refractivity contribution is -0.139. The first kappa shape index (κ1) is 22.1. The highest BCUT2D eigenvalue weighted by Crippen LogP contribution is 2.23. The van der Waals surface area contributed by atoms with Crippen molar-refractivity contribution in [2.75, 3.05) is 38.0 Å². The molecule has 152 valence electrons. The summed E-state index contributed by atoms with van der Waals surface area (Å²) in [5.41, 5.74) is 0.839. The lowest BCUT2D eigenvalue weighted by atomic mass is 10.0.